The third kappa shape index (κ3) is 4.58. The molecule has 0 fully saturated rings. The van der Waals surface area contributed by atoms with E-state index in [4.69, 9.17) is 4.74 Å². The molecule has 0 aliphatic heterocycles. The third-order valence-corrected chi connectivity index (χ3v) is 4.04. The van der Waals surface area contributed by atoms with E-state index in [0.717, 1.165) is 28.3 Å². The molecule has 0 radical (unpaired) electrons. The molecule has 3 aromatic rings. The molecule has 2 heterocycles. The van der Waals surface area contributed by atoms with Crippen LogP contribution in [0.5, 0.6) is 0 Å². The van der Waals surface area contributed by atoms with Crippen molar-refractivity contribution in [3.05, 3.63) is 65.1 Å². The number of hydrogen-bond acceptors (Lipinski definition) is 5. The highest BCUT2D eigenvalue weighted by Gasteiger charge is 2.12. The molecule has 3 rings (SSSR count). The number of anilines is 1. The van der Waals surface area contributed by atoms with E-state index in [-0.39, 0.29) is 6.61 Å². The van der Waals surface area contributed by atoms with Gasteiger partial charge in [-0.25, -0.2) is 14.8 Å². The van der Waals surface area contributed by atoms with Crippen molar-refractivity contribution in [1.82, 2.24) is 15.0 Å². The Bertz CT molecular complexity index is 958. The van der Waals surface area contributed by atoms with E-state index in [1.807, 2.05) is 26.8 Å². The summed E-state index contributed by atoms with van der Waals surface area (Å²) in [4.78, 5) is 35.7. The van der Waals surface area contributed by atoms with Crippen molar-refractivity contribution >= 4 is 17.7 Å². The highest BCUT2D eigenvalue weighted by atomic mass is 16.5. The number of aromatic amines is 1. The Balaban J connectivity index is 1.57. The monoisotopic (exact) mass is 364 g/mol. The summed E-state index contributed by atoms with van der Waals surface area (Å²) in [7, 11) is 0. The molecule has 0 spiro atoms. The number of H-pyrrole nitrogens is 1. The second-order valence-corrected chi connectivity index (χ2v) is 6.22. The van der Waals surface area contributed by atoms with Crippen LogP contribution in [0.4, 0.5) is 5.82 Å². The van der Waals surface area contributed by atoms with Gasteiger partial charge in [0.1, 0.15) is 11.6 Å². The number of aromatic nitrogens is 3. The fraction of sp³-hybridized carbons (Fsp3) is 0.200. The average Bonchev–Trinajstić information content (AvgIpc) is 2.99. The number of imidazole rings is 1. The lowest BCUT2D eigenvalue weighted by Gasteiger charge is -2.07. The van der Waals surface area contributed by atoms with Crippen molar-refractivity contribution < 1.29 is 14.3 Å². The molecule has 1 amide bonds. The number of amides is 1. The zero-order valence-corrected chi connectivity index (χ0v) is 15.4. The van der Waals surface area contributed by atoms with Crippen LogP contribution in [0.15, 0.2) is 42.6 Å². The zero-order chi connectivity index (χ0) is 19.4. The third-order valence-electron chi connectivity index (χ3n) is 4.04. The van der Waals surface area contributed by atoms with Gasteiger partial charge in [0.2, 0.25) is 0 Å². The predicted molar refractivity (Wildman–Crippen MR) is 101 cm³/mol. The summed E-state index contributed by atoms with van der Waals surface area (Å²) in [6.45, 7) is 5.40. The smallest absolute Gasteiger partial charge is 0.338 e. The molecule has 0 atom stereocenters. The van der Waals surface area contributed by atoms with Gasteiger partial charge in [0.05, 0.1) is 11.3 Å². The maximum absolute atomic E-state index is 12.1. The molecule has 138 valence electrons. The van der Waals surface area contributed by atoms with Gasteiger partial charge in [-0.3, -0.25) is 4.79 Å². The number of rotatable bonds is 5. The molecular weight excluding hydrogens is 344 g/mol. The zero-order valence-electron chi connectivity index (χ0n) is 15.4. The minimum atomic E-state index is -0.569. The van der Waals surface area contributed by atoms with Crippen LogP contribution in [0.25, 0.3) is 11.4 Å². The van der Waals surface area contributed by atoms with Crippen LogP contribution in [0.3, 0.4) is 0 Å². The number of hydrogen-bond donors (Lipinski definition) is 2. The van der Waals surface area contributed by atoms with Gasteiger partial charge in [0.15, 0.2) is 6.61 Å². The fourth-order valence-corrected chi connectivity index (χ4v) is 2.45. The maximum atomic E-state index is 12.1. The van der Waals surface area contributed by atoms with Crippen LogP contribution in [0.1, 0.15) is 27.3 Å². The lowest BCUT2D eigenvalue weighted by molar-refractivity contribution is -0.119. The van der Waals surface area contributed by atoms with E-state index in [0.29, 0.717) is 11.4 Å². The Labute approximate surface area is 156 Å². The predicted octanol–water partition coefficient (Wildman–Crippen LogP) is 3.19. The Hall–Kier alpha value is -3.48. The van der Waals surface area contributed by atoms with Gasteiger partial charge in [-0.15, -0.1) is 0 Å². The number of carbonyl (C=O) groups is 2. The van der Waals surface area contributed by atoms with Crippen molar-refractivity contribution in [3.8, 4) is 11.4 Å². The number of carbonyl (C=O) groups excluding carboxylic acids is 2. The van der Waals surface area contributed by atoms with Crippen molar-refractivity contribution in [3.63, 3.8) is 0 Å². The van der Waals surface area contributed by atoms with Crippen molar-refractivity contribution in [2.45, 2.75) is 20.8 Å². The summed E-state index contributed by atoms with van der Waals surface area (Å²) in [5.41, 5.74) is 4.13. The van der Waals surface area contributed by atoms with Crippen LogP contribution in [0.2, 0.25) is 0 Å². The molecule has 0 bridgehead atoms. The average molecular weight is 364 g/mol. The molecule has 2 aromatic heterocycles. The standard InChI is InChI=1S/C20H20N4O3/c1-12-8-9-21-17(10-12)24-18(25)11-27-20(26)16-6-4-15(5-7-16)19-22-13(2)14(3)23-19/h4-10H,11H2,1-3H3,(H,22,23)(H,21,24,25). The molecule has 2 N–H and O–H groups in total. The summed E-state index contributed by atoms with van der Waals surface area (Å²) >= 11 is 0. The first-order valence-electron chi connectivity index (χ1n) is 8.45. The first kappa shape index (κ1) is 18.3. The number of nitrogens with one attached hydrogen (secondary N) is 2. The topological polar surface area (TPSA) is 97.0 Å². The van der Waals surface area contributed by atoms with Crippen LogP contribution >= 0.6 is 0 Å². The summed E-state index contributed by atoms with van der Waals surface area (Å²) in [5, 5.41) is 2.59. The summed E-state index contributed by atoms with van der Waals surface area (Å²) in [6.07, 6.45) is 1.60. The van der Waals surface area contributed by atoms with Gasteiger partial charge in [-0.2, -0.15) is 0 Å². The Morgan fingerprint density at radius 3 is 2.48 bits per heavy atom. The minimum absolute atomic E-state index is 0.361. The van der Waals surface area contributed by atoms with Crippen LogP contribution in [-0.4, -0.2) is 33.4 Å². The number of aryl methyl sites for hydroxylation is 3. The van der Waals surface area contributed by atoms with E-state index in [2.05, 4.69) is 20.3 Å². The highest BCUT2D eigenvalue weighted by Crippen LogP contribution is 2.18. The van der Waals surface area contributed by atoms with E-state index < -0.39 is 11.9 Å². The number of ether oxygens (including phenoxy) is 1. The summed E-state index contributed by atoms with van der Waals surface area (Å²) < 4.78 is 5.06. The minimum Gasteiger partial charge on any atom is -0.452 e. The molecule has 0 aliphatic rings. The number of benzene rings is 1. The first-order valence-corrected chi connectivity index (χ1v) is 8.45. The van der Waals surface area contributed by atoms with Gasteiger partial charge in [-0.1, -0.05) is 12.1 Å². The molecule has 27 heavy (non-hydrogen) atoms. The van der Waals surface area contributed by atoms with E-state index in [1.54, 1.807) is 36.5 Å². The van der Waals surface area contributed by atoms with Crippen molar-refractivity contribution in [1.29, 1.82) is 0 Å². The normalized spacial score (nSPS) is 10.5. The van der Waals surface area contributed by atoms with E-state index in [1.165, 1.54) is 0 Å². The van der Waals surface area contributed by atoms with Crippen LogP contribution in [-0.2, 0) is 9.53 Å². The Morgan fingerprint density at radius 1 is 1.11 bits per heavy atom. The first-order chi connectivity index (χ1) is 12.9. The highest BCUT2D eigenvalue weighted by molar-refractivity contribution is 5.95. The van der Waals surface area contributed by atoms with Gasteiger partial charge >= 0.3 is 5.97 Å². The summed E-state index contributed by atoms with van der Waals surface area (Å²) in [6, 6.07) is 10.4. The van der Waals surface area contributed by atoms with Gasteiger partial charge in [0, 0.05) is 17.5 Å². The van der Waals surface area contributed by atoms with Gasteiger partial charge in [-0.05, 0) is 50.6 Å². The molecule has 7 heteroatoms. The van der Waals surface area contributed by atoms with Crippen LogP contribution < -0.4 is 5.32 Å². The fourth-order valence-electron chi connectivity index (χ4n) is 2.45. The van der Waals surface area contributed by atoms with Crippen molar-refractivity contribution in [2.75, 3.05) is 11.9 Å². The Kier molecular flexibility index (Phi) is 5.30. The van der Waals surface area contributed by atoms with Crippen LogP contribution in [0, 0.1) is 20.8 Å². The molecular formula is C20H20N4O3. The van der Waals surface area contributed by atoms with Gasteiger partial charge in [0.25, 0.3) is 5.91 Å². The second kappa shape index (κ2) is 7.82. The van der Waals surface area contributed by atoms with E-state index >= 15 is 0 Å². The maximum Gasteiger partial charge on any atom is 0.338 e. The second-order valence-electron chi connectivity index (χ2n) is 6.22. The number of esters is 1. The Morgan fingerprint density at radius 2 is 1.85 bits per heavy atom. The largest absolute Gasteiger partial charge is 0.452 e. The molecule has 1 aromatic carbocycles. The van der Waals surface area contributed by atoms with Crippen molar-refractivity contribution in [2.24, 2.45) is 0 Å². The lowest BCUT2D eigenvalue weighted by Crippen LogP contribution is -2.21. The molecule has 0 saturated heterocycles. The molecule has 0 aliphatic carbocycles. The lowest BCUT2D eigenvalue weighted by atomic mass is 10.1. The SMILES string of the molecule is Cc1ccnc(NC(=O)COC(=O)c2ccc(-c3nc(C)c(C)[nH]3)cc2)c1. The quantitative estimate of drug-likeness (QED) is 0.678. The number of nitrogens with zero attached hydrogens (tertiary/aromatic N) is 2. The summed E-state index contributed by atoms with van der Waals surface area (Å²) in [5.74, 6) is 0.152. The molecule has 7 nitrogen and oxygen atoms in total. The number of pyridine rings is 1. The van der Waals surface area contributed by atoms with Gasteiger partial charge < -0.3 is 15.0 Å². The molecule has 0 saturated carbocycles. The van der Waals surface area contributed by atoms with E-state index in [9.17, 15) is 9.59 Å². The molecule has 0 unspecified atom stereocenters.